The Hall–Kier alpha value is -0.370. The summed E-state index contributed by atoms with van der Waals surface area (Å²) in [6.07, 6.45) is 2.21. The molecule has 0 aliphatic heterocycles. The molecule has 2 heteroatoms. The van der Waals surface area contributed by atoms with Crippen molar-refractivity contribution in [1.82, 2.24) is 0 Å². The van der Waals surface area contributed by atoms with Gasteiger partial charge < -0.3 is 4.74 Å². The van der Waals surface area contributed by atoms with E-state index in [9.17, 15) is 4.79 Å². The molecule has 2 unspecified atom stereocenters. The van der Waals surface area contributed by atoms with E-state index in [4.69, 9.17) is 4.74 Å². The minimum absolute atomic E-state index is 0.0675. The Morgan fingerprint density at radius 1 is 1.29 bits per heavy atom. The monoisotopic (exact) mass is 198 g/mol. The lowest BCUT2D eigenvalue weighted by Crippen LogP contribution is -2.49. The van der Waals surface area contributed by atoms with Gasteiger partial charge in [-0.05, 0) is 24.7 Å². The van der Waals surface area contributed by atoms with E-state index in [2.05, 4.69) is 13.8 Å². The van der Waals surface area contributed by atoms with Crippen LogP contribution in [0.25, 0.3) is 0 Å². The zero-order chi connectivity index (χ0) is 10.9. The molecule has 1 fully saturated rings. The summed E-state index contributed by atoms with van der Waals surface area (Å²) < 4.78 is 5.60. The van der Waals surface area contributed by atoms with Crippen LogP contribution in [0.3, 0.4) is 0 Å². The Balaban J connectivity index is 3.00. The van der Waals surface area contributed by atoms with Crippen molar-refractivity contribution in [3.05, 3.63) is 0 Å². The predicted octanol–water partition coefficient (Wildman–Crippen LogP) is 2.66. The number of Topliss-reactive ketones (excluding diaryl/α,β-unsaturated/α-hetero) is 1. The molecule has 0 spiro atoms. The minimum Gasteiger partial charge on any atom is -0.370 e. The number of ether oxygens (including phenoxy) is 1. The Labute approximate surface area is 87.0 Å². The van der Waals surface area contributed by atoms with Crippen LogP contribution >= 0.6 is 0 Å². The highest BCUT2D eigenvalue weighted by molar-refractivity contribution is 5.90. The van der Waals surface area contributed by atoms with Crippen LogP contribution in [0.1, 0.15) is 40.5 Å². The molecule has 0 bridgehead atoms. The molecule has 1 aliphatic carbocycles. The first kappa shape index (κ1) is 11.7. The fourth-order valence-corrected chi connectivity index (χ4v) is 2.85. The summed E-state index contributed by atoms with van der Waals surface area (Å²) in [5, 5.41) is 0. The average Bonchev–Trinajstić information content (AvgIpc) is 2.42. The summed E-state index contributed by atoms with van der Waals surface area (Å²) in [5.74, 6) is 1.06. The summed E-state index contributed by atoms with van der Waals surface area (Å²) in [4.78, 5) is 12.2. The van der Waals surface area contributed by atoms with Crippen molar-refractivity contribution < 1.29 is 9.53 Å². The molecular formula is C12H22O2. The van der Waals surface area contributed by atoms with Gasteiger partial charge in [-0.25, -0.2) is 0 Å². The first-order valence-corrected chi connectivity index (χ1v) is 5.56. The molecule has 2 nitrogen and oxygen atoms in total. The van der Waals surface area contributed by atoms with Crippen LogP contribution in [0.5, 0.6) is 0 Å². The third-order valence-corrected chi connectivity index (χ3v) is 3.74. The van der Waals surface area contributed by atoms with Crippen molar-refractivity contribution in [2.45, 2.75) is 46.1 Å². The predicted molar refractivity (Wildman–Crippen MR) is 57.1 cm³/mol. The quantitative estimate of drug-likeness (QED) is 0.697. The zero-order valence-corrected chi connectivity index (χ0v) is 9.96. The van der Waals surface area contributed by atoms with E-state index < -0.39 is 5.60 Å². The van der Waals surface area contributed by atoms with E-state index in [1.807, 2.05) is 13.8 Å². The van der Waals surface area contributed by atoms with Crippen LogP contribution in [0, 0.1) is 17.8 Å². The highest BCUT2D eigenvalue weighted by Crippen LogP contribution is 2.44. The largest absolute Gasteiger partial charge is 0.370 e. The molecule has 0 aromatic heterocycles. The molecule has 0 aromatic rings. The topological polar surface area (TPSA) is 26.3 Å². The lowest BCUT2D eigenvalue weighted by atomic mass is 9.78. The molecule has 2 atom stereocenters. The van der Waals surface area contributed by atoms with Crippen LogP contribution < -0.4 is 0 Å². The summed E-state index contributed by atoms with van der Waals surface area (Å²) in [6.45, 7) is 8.18. The Bertz CT molecular complexity index is 210. The van der Waals surface area contributed by atoms with Crippen LogP contribution in [0.2, 0.25) is 0 Å². The third-order valence-electron chi connectivity index (χ3n) is 3.74. The molecule has 0 radical (unpaired) electrons. The zero-order valence-electron chi connectivity index (χ0n) is 9.96. The van der Waals surface area contributed by atoms with Crippen molar-refractivity contribution in [3.8, 4) is 0 Å². The van der Waals surface area contributed by atoms with Gasteiger partial charge in [-0.3, -0.25) is 4.79 Å². The van der Waals surface area contributed by atoms with Crippen molar-refractivity contribution >= 4 is 5.78 Å². The maximum absolute atomic E-state index is 12.2. The number of ketones is 1. The standard InChI is InChI=1S/C12H22O2/c1-8(2)11(13)12(14-5)9(3)6-7-10(12)4/h8-10H,6-7H2,1-5H3. The van der Waals surface area contributed by atoms with Gasteiger partial charge >= 0.3 is 0 Å². The maximum atomic E-state index is 12.2. The molecule has 0 N–H and O–H groups in total. The third kappa shape index (κ3) is 1.50. The van der Waals surface area contributed by atoms with Crippen molar-refractivity contribution in [3.63, 3.8) is 0 Å². The molecule has 0 aromatic carbocycles. The first-order chi connectivity index (χ1) is 6.46. The Kier molecular flexibility index (Phi) is 3.36. The van der Waals surface area contributed by atoms with Crippen LogP contribution in [-0.4, -0.2) is 18.5 Å². The second-order valence-corrected chi connectivity index (χ2v) is 4.90. The average molecular weight is 198 g/mol. The number of methoxy groups -OCH3 is 1. The van der Waals surface area contributed by atoms with E-state index in [1.165, 1.54) is 0 Å². The number of carbonyl (C=O) groups excluding carboxylic acids is 1. The molecular weight excluding hydrogens is 176 g/mol. The van der Waals surface area contributed by atoms with Gasteiger partial charge in [0.15, 0.2) is 5.78 Å². The van der Waals surface area contributed by atoms with Crippen molar-refractivity contribution in [2.24, 2.45) is 17.8 Å². The van der Waals surface area contributed by atoms with E-state index in [0.29, 0.717) is 11.8 Å². The van der Waals surface area contributed by atoms with E-state index >= 15 is 0 Å². The molecule has 82 valence electrons. The van der Waals surface area contributed by atoms with Crippen LogP contribution in [0.4, 0.5) is 0 Å². The number of rotatable bonds is 3. The van der Waals surface area contributed by atoms with E-state index in [0.717, 1.165) is 12.8 Å². The molecule has 0 heterocycles. The molecule has 0 amide bonds. The minimum atomic E-state index is -0.506. The number of hydrogen-bond acceptors (Lipinski definition) is 2. The lowest BCUT2D eigenvalue weighted by Gasteiger charge is -2.36. The summed E-state index contributed by atoms with van der Waals surface area (Å²) in [6, 6.07) is 0. The number of hydrogen-bond donors (Lipinski definition) is 0. The molecule has 1 saturated carbocycles. The van der Waals surface area contributed by atoms with Gasteiger partial charge in [-0.2, -0.15) is 0 Å². The highest BCUT2D eigenvalue weighted by atomic mass is 16.5. The molecule has 1 aliphatic rings. The summed E-state index contributed by atoms with van der Waals surface area (Å²) in [5.41, 5.74) is -0.506. The second kappa shape index (κ2) is 4.01. The van der Waals surface area contributed by atoms with Gasteiger partial charge in [0.25, 0.3) is 0 Å². The Morgan fingerprint density at radius 3 is 2.00 bits per heavy atom. The van der Waals surface area contributed by atoms with Crippen LogP contribution in [0.15, 0.2) is 0 Å². The van der Waals surface area contributed by atoms with Gasteiger partial charge in [0.2, 0.25) is 0 Å². The highest BCUT2D eigenvalue weighted by Gasteiger charge is 2.52. The first-order valence-electron chi connectivity index (χ1n) is 5.56. The Morgan fingerprint density at radius 2 is 1.71 bits per heavy atom. The summed E-state index contributed by atoms with van der Waals surface area (Å²) >= 11 is 0. The van der Waals surface area contributed by atoms with Gasteiger partial charge in [0.05, 0.1) is 0 Å². The van der Waals surface area contributed by atoms with Gasteiger partial charge in [0.1, 0.15) is 5.60 Å². The fraction of sp³-hybridized carbons (Fsp3) is 0.917. The molecule has 1 rings (SSSR count). The van der Waals surface area contributed by atoms with Crippen molar-refractivity contribution in [2.75, 3.05) is 7.11 Å². The van der Waals surface area contributed by atoms with Crippen molar-refractivity contribution in [1.29, 1.82) is 0 Å². The van der Waals surface area contributed by atoms with Gasteiger partial charge in [-0.15, -0.1) is 0 Å². The number of carbonyl (C=O) groups is 1. The SMILES string of the molecule is COC1(C(=O)C(C)C)C(C)CCC1C. The smallest absolute Gasteiger partial charge is 0.167 e. The second-order valence-electron chi connectivity index (χ2n) is 4.90. The molecule has 0 saturated heterocycles. The fourth-order valence-electron chi connectivity index (χ4n) is 2.85. The van der Waals surface area contributed by atoms with Crippen LogP contribution in [-0.2, 0) is 9.53 Å². The van der Waals surface area contributed by atoms with E-state index in [1.54, 1.807) is 7.11 Å². The maximum Gasteiger partial charge on any atom is 0.167 e. The molecule has 14 heavy (non-hydrogen) atoms. The van der Waals surface area contributed by atoms with Gasteiger partial charge in [0, 0.05) is 13.0 Å². The lowest BCUT2D eigenvalue weighted by molar-refractivity contribution is -0.153. The van der Waals surface area contributed by atoms with Gasteiger partial charge in [-0.1, -0.05) is 27.7 Å². The summed E-state index contributed by atoms with van der Waals surface area (Å²) in [7, 11) is 1.68. The normalized spacial score (nSPS) is 37.9. The van der Waals surface area contributed by atoms with E-state index in [-0.39, 0.29) is 11.7 Å².